The maximum atomic E-state index is 12.2. The van der Waals surface area contributed by atoms with Gasteiger partial charge in [-0.1, -0.05) is 12.8 Å². The van der Waals surface area contributed by atoms with Gasteiger partial charge in [0.25, 0.3) is 5.56 Å². The average molecular weight is 321 g/mol. The molecule has 0 bridgehead atoms. The Morgan fingerprint density at radius 2 is 2.23 bits per heavy atom. The summed E-state index contributed by atoms with van der Waals surface area (Å²) in [6, 6.07) is 1.76. The van der Waals surface area contributed by atoms with Crippen LogP contribution in [0.2, 0.25) is 0 Å². The first-order valence-electron chi connectivity index (χ1n) is 7.48. The molecule has 118 valence electrons. The first-order chi connectivity index (χ1) is 10.6. The molecule has 7 heteroatoms. The quantitative estimate of drug-likeness (QED) is 0.868. The van der Waals surface area contributed by atoms with E-state index in [4.69, 9.17) is 0 Å². The normalized spacial score (nSPS) is 17.0. The van der Waals surface area contributed by atoms with Crippen LogP contribution in [0.3, 0.4) is 0 Å². The minimum absolute atomic E-state index is 0.0267. The van der Waals surface area contributed by atoms with Crippen molar-refractivity contribution in [3.8, 4) is 0 Å². The second-order valence-electron chi connectivity index (χ2n) is 5.83. The fourth-order valence-electron chi connectivity index (χ4n) is 3.01. The molecule has 0 atom stereocenters. The van der Waals surface area contributed by atoms with E-state index in [9.17, 15) is 14.7 Å². The van der Waals surface area contributed by atoms with Gasteiger partial charge in [-0.3, -0.25) is 14.2 Å². The van der Waals surface area contributed by atoms with Gasteiger partial charge in [0.1, 0.15) is 4.83 Å². The maximum Gasteiger partial charge on any atom is 0.262 e. The van der Waals surface area contributed by atoms with Crippen molar-refractivity contribution in [2.75, 3.05) is 6.61 Å². The molecule has 2 aromatic rings. The molecule has 2 N–H and O–H groups in total. The second-order valence-corrected chi connectivity index (χ2v) is 6.72. The van der Waals surface area contributed by atoms with E-state index in [1.165, 1.54) is 22.2 Å². The molecule has 1 aliphatic carbocycles. The number of amides is 1. The highest BCUT2D eigenvalue weighted by molar-refractivity contribution is 7.16. The van der Waals surface area contributed by atoms with Gasteiger partial charge in [0.15, 0.2) is 0 Å². The molecule has 1 amide bonds. The van der Waals surface area contributed by atoms with Crippen molar-refractivity contribution in [2.24, 2.45) is 0 Å². The Labute approximate surface area is 131 Å². The fourth-order valence-corrected chi connectivity index (χ4v) is 3.73. The summed E-state index contributed by atoms with van der Waals surface area (Å²) in [7, 11) is 0. The number of aliphatic hydroxyl groups excluding tert-OH is 1. The van der Waals surface area contributed by atoms with Gasteiger partial charge in [-0.15, -0.1) is 11.3 Å². The number of thiophene rings is 1. The number of nitrogens with one attached hydrogen (secondary N) is 1. The van der Waals surface area contributed by atoms with Gasteiger partial charge in [0.2, 0.25) is 5.91 Å². The predicted octanol–water partition coefficient (Wildman–Crippen LogP) is 1.27. The van der Waals surface area contributed by atoms with Crippen LogP contribution in [-0.4, -0.2) is 32.7 Å². The number of nitrogens with zero attached hydrogens (tertiary/aromatic N) is 2. The molecule has 6 nitrogen and oxygen atoms in total. The molecule has 1 fully saturated rings. The molecule has 2 aromatic heterocycles. The van der Waals surface area contributed by atoms with Crippen LogP contribution < -0.4 is 10.9 Å². The number of aryl methyl sites for hydroxylation is 1. The number of hydrogen-bond acceptors (Lipinski definition) is 5. The largest absolute Gasteiger partial charge is 0.394 e. The summed E-state index contributed by atoms with van der Waals surface area (Å²) in [6.45, 7) is 0.270. The van der Waals surface area contributed by atoms with Crippen LogP contribution in [0.15, 0.2) is 22.6 Å². The van der Waals surface area contributed by atoms with Gasteiger partial charge in [-0.25, -0.2) is 4.98 Å². The Morgan fingerprint density at radius 1 is 1.45 bits per heavy atom. The fraction of sp³-hybridized carbons (Fsp3) is 0.533. The molecule has 3 rings (SSSR count). The van der Waals surface area contributed by atoms with E-state index in [2.05, 4.69) is 10.3 Å². The second kappa shape index (κ2) is 6.18. The molecule has 22 heavy (non-hydrogen) atoms. The lowest BCUT2D eigenvalue weighted by Crippen LogP contribution is -2.49. The smallest absolute Gasteiger partial charge is 0.262 e. The zero-order chi connectivity index (χ0) is 15.6. The van der Waals surface area contributed by atoms with Crippen molar-refractivity contribution in [1.29, 1.82) is 0 Å². The van der Waals surface area contributed by atoms with Crippen molar-refractivity contribution in [1.82, 2.24) is 14.9 Å². The Morgan fingerprint density at radius 3 is 2.95 bits per heavy atom. The number of rotatable bonds is 5. The van der Waals surface area contributed by atoms with Gasteiger partial charge in [0.05, 0.1) is 23.9 Å². The zero-order valence-corrected chi connectivity index (χ0v) is 13.1. The molecule has 0 spiro atoms. The number of carbonyl (C=O) groups excluding carboxylic acids is 1. The van der Waals surface area contributed by atoms with Crippen molar-refractivity contribution in [3.63, 3.8) is 0 Å². The lowest BCUT2D eigenvalue weighted by atomic mass is 9.99. The van der Waals surface area contributed by atoms with Crippen LogP contribution in [0.4, 0.5) is 0 Å². The van der Waals surface area contributed by atoms with Gasteiger partial charge < -0.3 is 10.4 Å². The Kier molecular flexibility index (Phi) is 4.26. The SMILES string of the molecule is O=C(CCn1cnc2sccc2c1=O)NC1(CO)CCCC1. The van der Waals surface area contributed by atoms with Crippen LogP contribution >= 0.6 is 11.3 Å². The van der Waals surface area contributed by atoms with Crippen LogP contribution in [0.5, 0.6) is 0 Å². The molecule has 1 saturated carbocycles. The van der Waals surface area contributed by atoms with Gasteiger partial charge in [-0.05, 0) is 24.3 Å². The van der Waals surface area contributed by atoms with Crippen molar-refractivity contribution < 1.29 is 9.90 Å². The average Bonchev–Trinajstić information content (AvgIpc) is 3.16. The third-order valence-corrected chi connectivity index (χ3v) is 5.12. The summed E-state index contributed by atoms with van der Waals surface area (Å²) in [4.78, 5) is 29.3. The summed E-state index contributed by atoms with van der Waals surface area (Å²) in [6.07, 6.45) is 5.39. The van der Waals surface area contributed by atoms with E-state index in [0.29, 0.717) is 11.9 Å². The Balaban J connectivity index is 1.65. The third-order valence-electron chi connectivity index (χ3n) is 4.30. The zero-order valence-electron chi connectivity index (χ0n) is 12.2. The first-order valence-corrected chi connectivity index (χ1v) is 8.36. The maximum absolute atomic E-state index is 12.2. The highest BCUT2D eigenvalue weighted by Gasteiger charge is 2.34. The minimum Gasteiger partial charge on any atom is -0.394 e. The standard InChI is InChI=1S/C15H19N3O3S/c19-9-15(5-1-2-6-15)17-12(20)3-7-18-10-16-13-11(14(18)21)4-8-22-13/h4,8,10,19H,1-3,5-7,9H2,(H,17,20). The van der Waals surface area contributed by atoms with E-state index < -0.39 is 5.54 Å². The predicted molar refractivity (Wildman–Crippen MR) is 84.9 cm³/mol. The number of fused-ring (bicyclic) bond motifs is 1. The first kappa shape index (κ1) is 15.2. The van der Waals surface area contributed by atoms with Crippen LogP contribution in [-0.2, 0) is 11.3 Å². The Hall–Kier alpha value is -1.73. The molecule has 0 saturated heterocycles. The van der Waals surface area contributed by atoms with E-state index in [1.54, 1.807) is 6.07 Å². The number of carbonyl (C=O) groups is 1. The number of hydrogen-bond donors (Lipinski definition) is 2. The van der Waals surface area contributed by atoms with Gasteiger partial charge in [0, 0.05) is 13.0 Å². The molecule has 0 unspecified atom stereocenters. The summed E-state index contributed by atoms with van der Waals surface area (Å²) < 4.78 is 1.47. The van der Waals surface area contributed by atoms with Crippen molar-refractivity contribution in [3.05, 3.63) is 28.1 Å². The minimum atomic E-state index is -0.461. The Bertz CT molecular complexity index is 731. The lowest BCUT2D eigenvalue weighted by Gasteiger charge is -2.28. The summed E-state index contributed by atoms with van der Waals surface area (Å²) in [5.74, 6) is -0.131. The summed E-state index contributed by atoms with van der Waals surface area (Å²) >= 11 is 1.43. The molecule has 2 heterocycles. The van der Waals surface area contributed by atoms with Crippen molar-refractivity contribution >= 4 is 27.5 Å². The van der Waals surface area contributed by atoms with E-state index >= 15 is 0 Å². The molecular formula is C15H19N3O3S. The van der Waals surface area contributed by atoms with Crippen LogP contribution in [0.1, 0.15) is 32.1 Å². The van der Waals surface area contributed by atoms with Gasteiger partial charge >= 0.3 is 0 Å². The topological polar surface area (TPSA) is 84.2 Å². The van der Waals surface area contributed by atoms with Gasteiger partial charge in [-0.2, -0.15) is 0 Å². The lowest BCUT2D eigenvalue weighted by molar-refractivity contribution is -0.123. The molecule has 0 aromatic carbocycles. The summed E-state index contributed by atoms with van der Waals surface area (Å²) in [5.41, 5.74) is -0.575. The van der Waals surface area contributed by atoms with E-state index in [-0.39, 0.29) is 24.5 Å². The molecular weight excluding hydrogens is 302 g/mol. The molecule has 1 aliphatic rings. The molecule has 0 radical (unpaired) electrons. The third kappa shape index (κ3) is 2.91. The summed E-state index contributed by atoms with van der Waals surface area (Å²) in [5, 5.41) is 14.9. The highest BCUT2D eigenvalue weighted by atomic mass is 32.1. The number of aliphatic hydroxyl groups is 1. The highest BCUT2D eigenvalue weighted by Crippen LogP contribution is 2.29. The monoisotopic (exact) mass is 321 g/mol. The molecule has 0 aliphatic heterocycles. The number of aromatic nitrogens is 2. The van der Waals surface area contributed by atoms with Crippen LogP contribution in [0, 0.1) is 0 Å². The van der Waals surface area contributed by atoms with Crippen molar-refractivity contribution in [2.45, 2.75) is 44.2 Å². The van der Waals surface area contributed by atoms with Crippen LogP contribution in [0.25, 0.3) is 10.2 Å². The van der Waals surface area contributed by atoms with E-state index in [0.717, 1.165) is 30.5 Å². The van der Waals surface area contributed by atoms with E-state index in [1.807, 2.05) is 5.38 Å².